The summed E-state index contributed by atoms with van der Waals surface area (Å²) >= 11 is 0. The van der Waals surface area contributed by atoms with Gasteiger partial charge in [0.15, 0.2) is 6.35 Å². The smallest absolute Gasteiger partial charge is 0.323 e. The summed E-state index contributed by atoms with van der Waals surface area (Å²) in [6.45, 7) is 15.5. The summed E-state index contributed by atoms with van der Waals surface area (Å²) in [4.78, 5) is 24.8. The number of hydrogen-bond donors (Lipinski definition) is 3. The summed E-state index contributed by atoms with van der Waals surface area (Å²) < 4.78 is 30.4. The van der Waals surface area contributed by atoms with E-state index in [1.54, 1.807) is 19.9 Å². The minimum Gasteiger partial charge on any atom is -0.508 e. The zero-order chi connectivity index (χ0) is 30.7. The first-order valence-electron chi connectivity index (χ1n) is 14.3. The number of phenolic OH excluding ortho intramolecular Hbond substituents is 1. The molecule has 0 saturated carbocycles. The van der Waals surface area contributed by atoms with Gasteiger partial charge in [-0.3, -0.25) is 14.2 Å². The normalized spacial score (nSPS) is 13.1. The molecule has 41 heavy (non-hydrogen) atoms. The maximum absolute atomic E-state index is 14.0. The third-order valence-corrected chi connectivity index (χ3v) is 8.69. The molecule has 0 spiro atoms. The first-order chi connectivity index (χ1) is 19.3. The van der Waals surface area contributed by atoms with Crippen LogP contribution in [0.4, 0.5) is 0 Å². The number of esters is 2. The standard InChI is InChI=1S/C31H47N2O7P/c1-9-13-38-30(35)23(7)32-41(37,33-24(8)31(36)39-14-10-2)19-40-26-15-21(5)28(22(6)16-26)18-25-11-12-29(34)27(17-25)20(3)4/h11-12,15-17,20,23-24,34H,9-10,13-14,18-19H2,1-8H3,(H2,32,33,37)/t23-,24-/m0/s1. The molecule has 2 aromatic carbocycles. The summed E-state index contributed by atoms with van der Waals surface area (Å²) in [5.74, 6) is -0.0581. The predicted molar refractivity (Wildman–Crippen MR) is 162 cm³/mol. The number of phenols is 1. The highest BCUT2D eigenvalue weighted by molar-refractivity contribution is 7.59. The summed E-state index contributed by atoms with van der Waals surface area (Å²) in [6.07, 6.45) is 1.71. The molecule has 0 amide bonds. The fourth-order valence-corrected chi connectivity index (χ4v) is 6.38. The Labute approximate surface area is 244 Å². The number of carbonyl (C=O) groups excluding carboxylic acids is 2. The third-order valence-electron chi connectivity index (χ3n) is 6.59. The molecule has 3 N–H and O–H groups in total. The van der Waals surface area contributed by atoms with Gasteiger partial charge in [-0.05, 0) is 98.9 Å². The van der Waals surface area contributed by atoms with Crippen LogP contribution in [0, 0.1) is 13.8 Å². The third kappa shape index (κ3) is 10.5. The largest absolute Gasteiger partial charge is 0.508 e. The van der Waals surface area contributed by atoms with E-state index in [4.69, 9.17) is 14.2 Å². The van der Waals surface area contributed by atoms with Gasteiger partial charge in [-0.15, -0.1) is 0 Å². The molecule has 0 bridgehead atoms. The Balaban J connectivity index is 2.24. The van der Waals surface area contributed by atoms with Gasteiger partial charge in [0.25, 0.3) is 0 Å². The maximum atomic E-state index is 14.0. The first-order valence-corrected chi connectivity index (χ1v) is 16.2. The highest BCUT2D eigenvalue weighted by Gasteiger charge is 2.32. The van der Waals surface area contributed by atoms with Gasteiger partial charge < -0.3 is 19.3 Å². The number of nitrogens with one attached hydrogen (secondary N) is 2. The minimum absolute atomic E-state index is 0.207. The minimum atomic E-state index is -3.63. The average molecular weight is 591 g/mol. The Morgan fingerprint density at radius 1 is 0.878 bits per heavy atom. The highest BCUT2D eigenvalue weighted by atomic mass is 31.2. The SMILES string of the molecule is CCCOC(=O)[C@H](C)NP(=O)(COc1cc(C)c(Cc2ccc(O)c(C(C)C)c2)c(C)c1)N[C@@H](C)C(=O)OCCC. The number of hydrogen-bond acceptors (Lipinski definition) is 7. The quantitative estimate of drug-likeness (QED) is 0.157. The van der Waals surface area contributed by atoms with Crippen molar-refractivity contribution in [2.75, 3.05) is 19.6 Å². The maximum Gasteiger partial charge on any atom is 0.323 e. The number of benzene rings is 2. The lowest BCUT2D eigenvalue weighted by molar-refractivity contribution is -0.145. The van der Waals surface area contributed by atoms with Gasteiger partial charge in [-0.25, -0.2) is 10.2 Å². The van der Waals surface area contributed by atoms with Crippen molar-refractivity contribution >= 4 is 19.4 Å². The van der Waals surface area contributed by atoms with Crippen LogP contribution in [0.3, 0.4) is 0 Å². The van der Waals surface area contributed by atoms with Crippen LogP contribution in [-0.2, 0) is 30.0 Å². The Kier molecular flexibility index (Phi) is 13.4. The molecule has 9 nitrogen and oxygen atoms in total. The van der Waals surface area contributed by atoms with Crippen molar-refractivity contribution in [3.05, 3.63) is 58.1 Å². The van der Waals surface area contributed by atoms with E-state index < -0.39 is 31.5 Å². The lowest BCUT2D eigenvalue weighted by atomic mass is 9.93. The molecule has 0 aliphatic rings. The molecule has 0 aromatic heterocycles. The van der Waals surface area contributed by atoms with Gasteiger partial charge >= 0.3 is 11.9 Å². The molecule has 0 fully saturated rings. The van der Waals surface area contributed by atoms with Gasteiger partial charge in [-0.2, -0.15) is 0 Å². The van der Waals surface area contributed by atoms with Crippen molar-refractivity contribution in [2.45, 2.75) is 92.7 Å². The van der Waals surface area contributed by atoms with Crippen LogP contribution in [-0.4, -0.2) is 48.7 Å². The molecule has 0 aliphatic carbocycles. The fourth-order valence-electron chi connectivity index (χ4n) is 4.36. The van der Waals surface area contributed by atoms with Crippen molar-refractivity contribution in [2.24, 2.45) is 0 Å². The van der Waals surface area contributed by atoms with Crippen LogP contribution < -0.4 is 14.9 Å². The average Bonchev–Trinajstić information content (AvgIpc) is 2.91. The molecule has 0 unspecified atom stereocenters. The predicted octanol–water partition coefficient (Wildman–Crippen LogP) is 6.12. The first kappa shape index (κ1) is 34.3. The molecule has 0 radical (unpaired) electrons. The van der Waals surface area contributed by atoms with Gasteiger partial charge in [-0.1, -0.05) is 39.8 Å². The van der Waals surface area contributed by atoms with Crippen LogP contribution in [0.25, 0.3) is 0 Å². The van der Waals surface area contributed by atoms with Crippen LogP contribution >= 0.6 is 7.44 Å². The molecule has 0 aliphatic heterocycles. The monoisotopic (exact) mass is 590 g/mol. The zero-order valence-electron chi connectivity index (χ0n) is 25.7. The van der Waals surface area contributed by atoms with Crippen LogP contribution in [0.1, 0.15) is 88.1 Å². The van der Waals surface area contributed by atoms with E-state index in [1.165, 1.54) is 0 Å². The Bertz CT molecular complexity index is 1180. The second-order valence-corrected chi connectivity index (χ2v) is 13.1. The summed E-state index contributed by atoms with van der Waals surface area (Å²) in [6, 6.07) is 7.68. The van der Waals surface area contributed by atoms with Crippen LogP contribution in [0.2, 0.25) is 0 Å². The van der Waals surface area contributed by atoms with Crippen molar-refractivity contribution in [1.29, 1.82) is 0 Å². The Morgan fingerprint density at radius 3 is 1.85 bits per heavy atom. The lowest BCUT2D eigenvalue weighted by Crippen LogP contribution is -2.43. The summed E-state index contributed by atoms with van der Waals surface area (Å²) in [5, 5.41) is 15.8. The summed E-state index contributed by atoms with van der Waals surface area (Å²) in [7, 11) is -3.63. The molecule has 0 heterocycles. The van der Waals surface area contributed by atoms with E-state index in [2.05, 4.69) is 10.2 Å². The number of ether oxygens (including phenoxy) is 3. The number of rotatable bonds is 16. The molecule has 2 aromatic rings. The van der Waals surface area contributed by atoms with Crippen LogP contribution in [0.5, 0.6) is 11.5 Å². The number of aryl methyl sites for hydroxylation is 2. The second kappa shape index (κ2) is 15.9. The van der Waals surface area contributed by atoms with Crippen molar-refractivity contribution in [3.8, 4) is 11.5 Å². The van der Waals surface area contributed by atoms with Crippen molar-refractivity contribution in [3.63, 3.8) is 0 Å². The zero-order valence-corrected chi connectivity index (χ0v) is 26.6. The topological polar surface area (TPSA) is 123 Å². The fraction of sp³-hybridized carbons (Fsp3) is 0.548. The molecule has 10 heteroatoms. The van der Waals surface area contributed by atoms with E-state index in [0.717, 1.165) is 27.8 Å². The Hall–Kier alpha value is -2.87. The van der Waals surface area contributed by atoms with Crippen LogP contribution in [0.15, 0.2) is 30.3 Å². The Morgan fingerprint density at radius 2 is 1.39 bits per heavy atom. The van der Waals surface area contributed by atoms with Gasteiger partial charge in [0.2, 0.25) is 7.44 Å². The van der Waals surface area contributed by atoms with Crippen molar-refractivity contribution in [1.82, 2.24) is 10.2 Å². The molecule has 2 atom stereocenters. The van der Waals surface area contributed by atoms with E-state index >= 15 is 0 Å². The van der Waals surface area contributed by atoms with E-state index in [0.29, 0.717) is 30.8 Å². The number of carbonyl (C=O) groups is 2. The molecular weight excluding hydrogens is 543 g/mol. The summed E-state index contributed by atoms with van der Waals surface area (Å²) in [5.41, 5.74) is 5.15. The second-order valence-electron chi connectivity index (χ2n) is 10.8. The number of aromatic hydroxyl groups is 1. The van der Waals surface area contributed by atoms with Gasteiger partial charge in [0.05, 0.1) is 13.2 Å². The van der Waals surface area contributed by atoms with Gasteiger partial charge in [0.1, 0.15) is 23.6 Å². The van der Waals surface area contributed by atoms with E-state index in [9.17, 15) is 19.3 Å². The molecule has 2 rings (SSSR count). The molecular formula is C31H47N2O7P. The molecule has 228 valence electrons. The lowest BCUT2D eigenvalue weighted by Gasteiger charge is -2.26. The highest BCUT2D eigenvalue weighted by Crippen LogP contribution is 2.39. The molecule has 0 saturated heterocycles. The van der Waals surface area contributed by atoms with E-state index in [1.807, 2.05) is 65.8 Å². The van der Waals surface area contributed by atoms with E-state index in [-0.39, 0.29) is 25.5 Å². The van der Waals surface area contributed by atoms with Gasteiger partial charge in [0, 0.05) is 0 Å². The van der Waals surface area contributed by atoms with Crippen molar-refractivity contribution < 1.29 is 33.5 Å².